The lowest BCUT2D eigenvalue weighted by molar-refractivity contribution is -0.133. The van der Waals surface area contributed by atoms with Crippen molar-refractivity contribution in [3.8, 4) is 11.5 Å². The lowest BCUT2D eigenvalue weighted by atomic mass is 10.1. The van der Waals surface area contributed by atoms with E-state index in [9.17, 15) is 9.90 Å². The summed E-state index contributed by atoms with van der Waals surface area (Å²) in [5.74, 6) is 0.189. The molecule has 2 N–H and O–H groups in total. The Balaban J connectivity index is 1.47. The van der Waals surface area contributed by atoms with E-state index in [0.29, 0.717) is 16.3 Å². The van der Waals surface area contributed by atoms with Gasteiger partial charge in [0.05, 0.1) is 6.10 Å². The average Bonchev–Trinajstić information content (AvgIpc) is 3.03. The van der Waals surface area contributed by atoms with Gasteiger partial charge in [0, 0.05) is 23.7 Å². The van der Waals surface area contributed by atoms with Crippen molar-refractivity contribution < 1.29 is 14.3 Å². The lowest BCUT2D eigenvalue weighted by Gasteiger charge is -2.25. The van der Waals surface area contributed by atoms with Gasteiger partial charge in [0.1, 0.15) is 6.04 Å². The Morgan fingerprint density at radius 2 is 2.04 bits per heavy atom. The predicted octanol–water partition coefficient (Wildman–Crippen LogP) is 2.56. The summed E-state index contributed by atoms with van der Waals surface area (Å²) in [5, 5.41) is 21.5. The molecule has 7 nitrogen and oxygen atoms in total. The monoisotopic (exact) mass is 376 g/mol. The van der Waals surface area contributed by atoms with Crippen molar-refractivity contribution in [3.63, 3.8) is 0 Å². The van der Waals surface area contributed by atoms with Crippen LogP contribution in [0.1, 0.15) is 26.2 Å². The van der Waals surface area contributed by atoms with E-state index in [1.807, 2.05) is 4.90 Å². The Morgan fingerprint density at radius 3 is 2.65 bits per heavy atom. The molecule has 2 heterocycles. The Morgan fingerprint density at radius 1 is 1.31 bits per heavy atom. The van der Waals surface area contributed by atoms with Crippen LogP contribution in [0.3, 0.4) is 0 Å². The highest BCUT2D eigenvalue weighted by molar-refractivity contribution is 6.30. The molecule has 26 heavy (non-hydrogen) atoms. The number of rotatable bonds is 5. The molecule has 2 fully saturated rings. The highest BCUT2D eigenvalue weighted by Crippen LogP contribution is 2.52. The Labute approximate surface area is 156 Å². The number of benzene rings is 1. The molecule has 138 valence electrons. The molecule has 0 radical (unpaired) electrons. The minimum Gasteiger partial charge on any atom is -0.403 e. The van der Waals surface area contributed by atoms with Crippen molar-refractivity contribution in [3.05, 3.63) is 29.3 Å². The van der Waals surface area contributed by atoms with Crippen LogP contribution in [0.2, 0.25) is 5.02 Å². The molecule has 1 aromatic heterocycles. The van der Waals surface area contributed by atoms with Gasteiger partial charge in [-0.3, -0.25) is 4.79 Å². The minimum absolute atomic E-state index is 0.106. The zero-order chi connectivity index (χ0) is 18.3. The van der Waals surface area contributed by atoms with Crippen molar-refractivity contribution in [2.75, 3.05) is 18.4 Å². The summed E-state index contributed by atoms with van der Waals surface area (Å²) < 4.78 is 5.60. The van der Waals surface area contributed by atoms with Crippen LogP contribution in [0.15, 0.2) is 28.7 Å². The first-order valence-corrected chi connectivity index (χ1v) is 9.16. The maximum atomic E-state index is 12.8. The second kappa shape index (κ2) is 6.55. The van der Waals surface area contributed by atoms with E-state index in [1.165, 1.54) is 12.8 Å². The largest absolute Gasteiger partial charge is 0.403 e. The summed E-state index contributed by atoms with van der Waals surface area (Å²) in [6, 6.07) is 6.30. The standard InChI is InChI=1S/C18H21ClN4O3/c1-11(24)14(16(25)23-9-8-18(10-23)6-7-18)20-17-22-21-15(26-17)12-2-4-13(19)5-3-12/h2-5,11,14,24H,6-10H2,1H3,(H,20,22)/t11-,14+/m0/s1. The highest BCUT2D eigenvalue weighted by atomic mass is 35.5. The van der Waals surface area contributed by atoms with E-state index in [-0.39, 0.29) is 11.9 Å². The average molecular weight is 377 g/mol. The second-order valence-corrected chi connectivity index (χ2v) is 7.73. The van der Waals surface area contributed by atoms with Crippen molar-refractivity contribution in [1.29, 1.82) is 0 Å². The number of aliphatic hydroxyl groups excluding tert-OH is 1. The second-order valence-electron chi connectivity index (χ2n) is 7.29. The maximum Gasteiger partial charge on any atom is 0.316 e. The molecule has 1 aliphatic heterocycles. The lowest BCUT2D eigenvalue weighted by Crippen LogP contribution is -2.47. The molecular weight excluding hydrogens is 356 g/mol. The van der Waals surface area contributed by atoms with Crippen molar-refractivity contribution >= 4 is 23.5 Å². The molecule has 0 bridgehead atoms. The van der Waals surface area contributed by atoms with Gasteiger partial charge in [-0.2, -0.15) is 0 Å². The molecule has 1 saturated heterocycles. The number of amides is 1. The molecule has 2 aliphatic rings. The fraction of sp³-hybridized carbons (Fsp3) is 0.500. The summed E-state index contributed by atoms with van der Waals surface area (Å²) in [7, 11) is 0. The van der Waals surface area contributed by atoms with Crippen LogP contribution in [0, 0.1) is 5.41 Å². The number of aromatic nitrogens is 2. The third-order valence-corrected chi connectivity index (χ3v) is 5.50. The van der Waals surface area contributed by atoms with E-state index in [2.05, 4.69) is 15.5 Å². The van der Waals surface area contributed by atoms with Crippen LogP contribution < -0.4 is 5.32 Å². The molecule has 1 aromatic carbocycles. The fourth-order valence-corrected chi connectivity index (χ4v) is 3.54. The number of aliphatic hydroxyl groups is 1. The Bertz CT molecular complexity index is 801. The predicted molar refractivity (Wildman–Crippen MR) is 96.7 cm³/mol. The van der Waals surface area contributed by atoms with E-state index in [4.69, 9.17) is 16.0 Å². The maximum absolute atomic E-state index is 12.8. The Hall–Kier alpha value is -2.12. The summed E-state index contributed by atoms with van der Waals surface area (Å²) in [5.41, 5.74) is 1.07. The van der Waals surface area contributed by atoms with Crippen LogP contribution in [-0.4, -0.2) is 51.3 Å². The molecule has 0 unspecified atom stereocenters. The number of hydrogen-bond acceptors (Lipinski definition) is 6. The molecule has 8 heteroatoms. The fourth-order valence-electron chi connectivity index (χ4n) is 3.42. The number of carbonyl (C=O) groups excluding carboxylic acids is 1. The third kappa shape index (κ3) is 3.41. The van der Waals surface area contributed by atoms with Gasteiger partial charge < -0.3 is 19.7 Å². The van der Waals surface area contributed by atoms with Crippen LogP contribution in [0.5, 0.6) is 0 Å². The molecule has 1 spiro atoms. The van der Waals surface area contributed by atoms with E-state index >= 15 is 0 Å². The topological polar surface area (TPSA) is 91.5 Å². The highest BCUT2D eigenvalue weighted by Gasteiger charge is 2.49. The van der Waals surface area contributed by atoms with E-state index in [0.717, 1.165) is 25.1 Å². The SMILES string of the molecule is C[C@H](O)[C@@H](Nc1nnc(-c2ccc(Cl)cc2)o1)C(=O)N1CCC2(CC2)C1. The molecule has 4 rings (SSSR count). The smallest absolute Gasteiger partial charge is 0.316 e. The number of nitrogens with one attached hydrogen (secondary N) is 1. The summed E-state index contributed by atoms with van der Waals surface area (Å²) in [6.45, 7) is 3.09. The van der Waals surface area contributed by atoms with Gasteiger partial charge in [0.25, 0.3) is 0 Å². The molecule has 1 saturated carbocycles. The Kier molecular flexibility index (Phi) is 4.36. The molecule has 2 atom stereocenters. The van der Waals surface area contributed by atoms with Gasteiger partial charge in [-0.1, -0.05) is 16.7 Å². The van der Waals surface area contributed by atoms with Crippen LogP contribution in [-0.2, 0) is 4.79 Å². The number of halogens is 1. The van der Waals surface area contributed by atoms with Crippen molar-refractivity contribution in [2.24, 2.45) is 5.41 Å². The first-order valence-electron chi connectivity index (χ1n) is 8.79. The third-order valence-electron chi connectivity index (χ3n) is 5.25. The molecule has 2 aromatic rings. The summed E-state index contributed by atoms with van der Waals surface area (Å²) in [4.78, 5) is 14.6. The summed E-state index contributed by atoms with van der Waals surface area (Å²) in [6.07, 6.45) is 2.55. The van der Waals surface area contributed by atoms with E-state index in [1.54, 1.807) is 31.2 Å². The van der Waals surface area contributed by atoms with Crippen LogP contribution >= 0.6 is 11.6 Å². The number of nitrogens with zero attached hydrogens (tertiary/aromatic N) is 3. The number of likely N-dealkylation sites (tertiary alicyclic amines) is 1. The zero-order valence-electron chi connectivity index (χ0n) is 14.5. The van der Waals surface area contributed by atoms with E-state index < -0.39 is 12.1 Å². The molecule has 1 amide bonds. The van der Waals surface area contributed by atoms with Crippen LogP contribution in [0.4, 0.5) is 6.01 Å². The normalized spacial score (nSPS) is 20.2. The number of carbonyl (C=O) groups is 1. The minimum atomic E-state index is -0.885. The number of hydrogen-bond donors (Lipinski definition) is 2. The van der Waals surface area contributed by atoms with Crippen molar-refractivity contribution in [2.45, 2.75) is 38.3 Å². The first-order chi connectivity index (χ1) is 12.5. The van der Waals surface area contributed by atoms with Crippen LogP contribution in [0.25, 0.3) is 11.5 Å². The van der Waals surface area contributed by atoms with Gasteiger partial charge >= 0.3 is 6.01 Å². The number of anilines is 1. The first kappa shape index (κ1) is 17.3. The van der Waals surface area contributed by atoms with Crippen molar-refractivity contribution in [1.82, 2.24) is 15.1 Å². The molecular formula is C18H21ClN4O3. The molecule has 1 aliphatic carbocycles. The van der Waals surface area contributed by atoms with Gasteiger partial charge in [0.15, 0.2) is 0 Å². The summed E-state index contributed by atoms with van der Waals surface area (Å²) >= 11 is 5.88. The van der Waals surface area contributed by atoms with Gasteiger partial charge in [-0.15, -0.1) is 5.10 Å². The van der Waals surface area contributed by atoms with Gasteiger partial charge in [-0.25, -0.2) is 0 Å². The van der Waals surface area contributed by atoms with Gasteiger partial charge in [-0.05, 0) is 55.9 Å². The quantitative estimate of drug-likeness (QED) is 0.833. The zero-order valence-corrected chi connectivity index (χ0v) is 15.2. The van der Waals surface area contributed by atoms with Gasteiger partial charge in [0.2, 0.25) is 11.8 Å².